The monoisotopic (exact) mass is 264 g/mol. The average molecular weight is 264 g/mol. The van der Waals surface area contributed by atoms with Crippen molar-refractivity contribution in [2.24, 2.45) is 0 Å². The number of nitrogens with one attached hydrogen (secondary N) is 1. The third-order valence-electron chi connectivity index (χ3n) is 3.57. The zero-order chi connectivity index (χ0) is 13.2. The minimum absolute atomic E-state index is 0.122. The van der Waals surface area contributed by atoms with Gasteiger partial charge in [-0.15, -0.1) is 0 Å². The number of nitrogens with zero attached hydrogens (tertiary/aromatic N) is 1. The van der Waals surface area contributed by atoms with Gasteiger partial charge in [-0.25, -0.2) is 0 Å². The largest absolute Gasteiger partial charge is 0.486 e. The highest BCUT2D eigenvalue weighted by Gasteiger charge is 2.24. The van der Waals surface area contributed by atoms with E-state index < -0.39 is 0 Å². The molecular weight excluding hydrogens is 244 g/mol. The van der Waals surface area contributed by atoms with Crippen molar-refractivity contribution in [3.8, 4) is 11.5 Å². The average Bonchev–Trinajstić information content (AvgIpc) is 2.46. The maximum Gasteiger partial charge on any atom is 0.163 e. The van der Waals surface area contributed by atoms with Gasteiger partial charge in [-0.1, -0.05) is 0 Å². The first-order chi connectivity index (χ1) is 9.26. The molecule has 2 aliphatic heterocycles. The number of benzene rings is 1. The topological polar surface area (TPSA) is 54.0 Å². The summed E-state index contributed by atoms with van der Waals surface area (Å²) >= 11 is 0. The Balaban J connectivity index is 1.81. The Morgan fingerprint density at radius 3 is 2.84 bits per heavy atom. The Labute approximate surface area is 113 Å². The van der Waals surface area contributed by atoms with Gasteiger partial charge < -0.3 is 24.8 Å². The summed E-state index contributed by atoms with van der Waals surface area (Å²) in [5, 5.41) is 12.7. The van der Waals surface area contributed by atoms with Crippen molar-refractivity contribution in [2.75, 3.05) is 37.8 Å². The molecule has 0 spiro atoms. The first-order valence-electron chi connectivity index (χ1n) is 6.78. The second-order valence-electron chi connectivity index (χ2n) is 5.18. The number of aliphatic hydroxyl groups is 1. The highest BCUT2D eigenvalue weighted by molar-refractivity contribution is 5.57. The SMILES string of the molecule is CC1CN(c2ccc3c(c2)OCCO3)CC(CO)N1. The molecular formula is C14H20N2O3. The Hall–Kier alpha value is -1.46. The summed E-state index contributed by atoms with van der Waals surface area (Å²) in [5.41, 5.74) is 1.12. The van der Waals surface area contributed by atoms with Crippen molar-refractivity contribution in [1.82, 2.24) is 5.32 Å². The lowest BCUT2D eigenvalue weighted by Crippen LogP contribution is -2.56. The van der Waals surface area contributed by atoms with Crippen LogP contribution in [0.5, 0.6) is 11.5 Å². The van der Waals surface area contributed by atoms with Crippen LogP contribution in [0, 0.1) is 0 Å². The Morgan fingerprint density at radius 2 is 2.05 bits per heavy atom. The van der Waals surface area contributed by atoms with Crippen molar-refractivity contribution in [3.63, 3.8) is 0 Å². The van der Waals surface area contributed by atoms with Gasteiger partial charge in [-0.05, 0) is 19.1 Å². The summed E-state index contributed by atoms with van der Waals surface area (Å²) in [4.78, 5) is 2.28. The first-order valence-corrected chi connectivity index (χ1v) is 6.78. The van der Waals surface area contributed by atoms with Gasteiger partial charge in [0.2, 0.25) is 0 Å². The molecule has 19 heavy (non-hydrogen) atoms. The third kappa shape index (κ3) is 2.62. The summed E-state index contributed by atoms with van der Waals surface area (Å²) in [5.74, 6) is 1.63. The van der Waals surface area contributed by atoms with Crippen LogP contribution in [-0.2, 0) is 0 Å². The highest BCUT2D eigenvalue weighted by Crippen LogP contribution is 2.34. The van der Waals surface area contributed by atoms with Crippen molar-refractivity contribution in [3.05, 3.63) is 18.2 Å². The molecule has 0 aliphatic carbocycles. The van der Waals surface area contributed by atoms with Crippen LogP contribution in [0.1, 0.15) is 6.92 Å². The van der Waals surface area contributed by atoms with E-state index in [1.54, 1.807) is 0 Å². The van der Waals surface area contributed by atoms with E-state index in [4.69, 9.17) is 9.47 Å². The van der Waals surface area contributed by atoms with E-state index >= 15 is 0 Å². The van der Waals surface area contributed by atoms with Crippen molar-refractivity contribution in [2.45, 2.75) is 19.0 Å². The highest BCUT2D eigenvalue weighted by atomic mass is 16.6. The van der Waals surface area contributed by atoms with Gasteiger partial charge in [0.1, 0.15) is 13.2 Å². The van der Waals surface area contributed by atoms with Gasteiger partial charge in [-0.2, -0.15) is 0 Å². The van der Waals surface area contributed by atoms with Gasteiger partial charge in [-0.3, -0.25) is 0 Å². The number of fused-ring (bicyclic) bond motifs is 1. The van der Waals surface area contributed by atoms with E-state index in [-0.39, 0.29) is 12.6 Å². The number of anilines is 1. The van der Waals surface area contributed by atoms with Crippen molar-refractivity contribution in [1.29, 1.82) is 0 Å². The molecule has 2 atom stereocenters. The van der Waals surface area contributed by atoms with Crippen LogP contribution in [0.4, 0.5) is 5.69 Å². The fourth-order valence-electron chi connectivity index (χ4n) is 2.73. The van der Waals surface area contributed by atoms with Crippen molar-refractivity contribution >= 4 is 5.69 Å². The molecule has 5 heteroatoms. The van der Waals surface area contributed by atoms with Crippen LogP contribution in [-0.4, -0.2) is 50.1 Å². The summed E-state index contributed by atoms with van der Waals surface area (Å²) < 4.78 is 11.2. The molecule has 0 saturated carbocycles. The van der Waals surface area contributed by atoms with Crippen molar-refractivity contribution < 1.29 is 14.6 Å². The predicted molar refractivity (Wildman–Crippen MR) is 73.1 cm³/mol. The predicted octanol–water partition coefficient (Wildman–Crippen LogP) is 0.617. The van der Waals surface area contributed by atoms with Crippen LogP contribution < -0.4 is 19.7 Å². The maximum atomic E-state index is 9.33. The fraction of sp³-hybridized carbons (Fsp3) is 0.571. The molecule has 3 rings (SSSR count). The number of piperazine rings is 1. The quantitative estimate of drug-likeness (QED) is 0.820. The van der Waals surface area contributed by atoms with Gasteiger partial charge >= 0.3 is 0 Å². The number of ether oxygens (including phenoxy) is 2. The summed E-state index contributed by atoms with van der Waals surface area (Å²) in [7, 11) is 0. The first kappa shape index (κ1) is 12.6. The smallest absolute Gasteiger partial charge is 0.163 e. The van der Waals surface area contributed by atoms with E-state index in [2.05, 4.69) is 23.2 Å². The number of hydrogen-bond donors (Lipinski definition) is 2. The molecule has 1 aromatic carbocycles. The van der Waals surface area contributed by atoms with Gasteiger partial charge in [0.25, 0.3) is 0 Å². The van der Waals surface area contributed by atoms with Crippen LogP contribution in [0.15, 0.2) is 18.2 Å². The lowest BCUT2D eigenvalue weighted by atomic mass is 10.1. The summed E-state index contributed by atoms with van der Waals surface area (Å²) in [6, 6.07) is 6.53. The Bertz CT molecular complexity index is 452. The van der Waals surface area contributed by atoms with Crippen LogP contribution in [0.2, 0.25) is 0 Å². The summed E-state index contributed by atoms with van der Waals surface area (Å²) in [6.45, 7) is 5.24. The molecule has 1 aromatic rings. The lowest BCUT2D eigenvalue weighted by molar-refractivity contribution is 0.171. The number of hydrogen-bond acceptors (Lipinski definition) is 5. The maximum absolute atomic E-state index is 9.33. The van der Waals surface area contributed by atoms with Crippen LogP contribution in [0.25, 0.3) is 0 Å². The number of rotatable bonds is 2. The molecule has 5 nitrogen and oxygen atoms in total. The molecule has 2 N–H and O–H groups in total. The molecule has 104 valence electrons. The minimum atomic E-state index is 0.122. The van der Waals surface area contributed by atoms with Crippen LogP contribution >= 0.6 is 0 Å². The second-order valence-corrected chi connectivity index (χ2v) is 5.18. The lowest BCUT2D eigenvalue weighted by Gasteiger charge is -2.38. The number of aliphatic hydroxyl groups excluding tert-OH is 1. The molecule has 0 radical (unpaired) electrons. The van der Waals surface area contributed by atoms with Gasteiger partial charge in [0.05, 0.1) is 6.61 Å². The van der Waals surface area contributed by atoms with E-state index in [9.17, 15) is 5.11 Å². The molecule has 0 bridgehead atoms. The Kier molecular flexibility index (Phi) is 3.48. The van der Waals surface area contributed by atoms with E-state index in [1.807, 2.05) is 12.1 Å². The van der Waals surface area contributed by atoms with Crippen LogP contribution in [0.3, 0.4) is 0 Å². The van der Waals surface area contributed by atoms with Gasteiger partial charge in [0.15, 0.2) is 11.5 Å². The summed E-state index contributed by atoms with van der Waals surface area (Å²) in [6.07, 6.45) is 0. The molecule has 1 saturated heterocycles. The van der Waals surface area contributed by atoms with E-state index in [1.165, 1.54) is 0 Å². The molecule has 2 unspecified atom stereocenters. The van der Waals surface area contributed by atoms with Gasteiger partial charge in [0, 0.05) is 36.9 Å². The zero-order valence-electron chi connectivity index (χ0n) is 11.1. The molecule has 0 aromatic heterocycles. The fourth-order valence-corrected chi connectivity index (χ4v) is 2.73. The molecule has 2 heterocycles. The zero-order valence-corrected chi connectivity index (χ0v) is 11.1. The van der Waals surface area contributed by atoms with E-state index in [0.29, 0.717) is 19.3 Å². The Morgan fingerprint density at radius 1 is 1.26 bits per heavy atom. The molecule has 1 fully saturated rings. The second kappa shape index (κ2) is 5.27. The third-order valence-corrected chi connectivity index (χ3v) is 3.57. The minimum Gasteiger partial charge on any atom is -0.486 e. The standard InChI is InChI=1S/C14H20N2O3/c1-10-7-16(8-11(9-17)15-10)12-2-3-13-14(6-12)19-5-4-18-13/h2-3,6,10-11,15,17H,4-5,7-9H2,1H3. The van der Waals surface area contributed by atoms with E-state index in [0.717, 1.165) is 30.3 Å². The molecule has 0 amide bonds. The normalized spacial score (nSPS) is 26.3. The molecule has 2 aliphatic rings.